The fourth-order valence-corrected chi connectivity index (χ4v) is 9.64. The van der Waals surface area contributed by atoms with Crippen LogP contribution in [0.15, 0.2) is 84.9 Å². The van der Waals surface area contributed by atoms with E-state index in [9.17, 15) is 72.9 Å². The van der Waals surface area contributed by atoms with Crippen molar-refractivity contribution in [1.29, 1.82) is 0 Å². The van der Waals surface area contributed by atoms with E-state index >= 15 is 0 Å². The summed E-state index contributed by atoms with van der Waals surface area (Å²) in [6.45, 7) is 11.8. The summed E-state index contributed by atoms with van der Waals surface area (Å²) >= 11 is 1.50. The van der Waals surface area contributed by atoms with Gasteiger partial charge in [-0.2, -0.15) is 11.8 Å². The van der Waals surface area contributed by atoms with Gasteiger partial charge in [-0.15, -0.1) is 0 Å². The van der Waals surface area contributed by atoms with E-state index in [1.54, 1.807) is 114 Å². The number of phenolic OH excluding ortho intramolecular Hbond substituents is 1. The topological polar surface area (TPSA) is 426 Å². The molecule has 0 saturated carbocycles. The highest BCUT2D eigenvalue weighted by atomic mass is 32.2. The number of phenols is 1. The van der Waals surface area contributed by atoms with Crippen LogP contribution < -0.4 is 59.3 Å². The van der Waals surface area contributed by atoms with Gasteiger partial charge in [-0.05, 0) is 84.8 Å². The zero-order valence-electron chi connectivity index (χ0n) is 51.7. The van der Waals surface area contributed by atoms with Crippen LogP contribution in [0, 0.1) is 17.8 Å². The molecule has 0 aromatic heterocycles. The van der Waals surface area contributed by atoms with Crippen LogP contribution in [0.3, 0.4) is 0 Å². The molecule has 0 radical (unpaired) electrons. The molecule has 3 aromatic carbocycles. The molecule has 12 atom stereocenters. The normalized spacial score (nSPS) is 15.2. The van der Waals surface area contributed by atoms with Gasteiger partial charge in [0.15, 0.2) is 0 Å². The largest absolute Gasteiger partial charge is 0.508 e. The summed E-state index contributed by atoms with van der Waals surface area (Å²) in [6, 6.07) is 8.90. The SMILES string of the molecule is CC[C@H](C)[C@H](NC(=O)[C@H](C)NC(=O)[C@@H](NC(=O)[C@H](Cc1ccc(O)cc1)NC(=O)[C@@H](N)CCSC)[C@@H](C)CC)C(=O)N[C@@H](Cc1ccccc1)C(=O)N[C@@H](CC(C)C)C(=O)N[C@@H](CCC(=O)O)C(=O)N[C@@H](CC(N)=O)C(=O)N[C@@H](Cc1ccccc1)C(=O)O. The van der Waals surface area contributed by atoms with Crippen LogP contribution in [0.4, 0.5) is 0 Å². The van der Waals surface area contributed by atoms with E-state index in [-0.39, 0.29) is 37.4 Å². The van der Waals surface area contributed by atoms with E-state index in [2.05, 4.69) is 47.9 Å². The number of benzene rings is 3. The molecule has 10 amide bonds. The minimum Gasteiger partial charge on any atom is -0.508 e. The van der Waals surface area contributed by atoms with Crippen molar-refractivity contribution in [3.8, 4) is 5.75 Å². The smallest absolute Gasteiger partial charge is 0.326 e. The molecular formula is C62H89N11O15S. The highest BCUT2D eigenvalue weighted by Gasteiger charge is 2.37. The number of rotatable bonds is 39. The molecule has 27 heteroatoms. The third-order valence-corrected chi connectivity index (χ3v) is 15.4. The molecule has 16 N–H and O–H groups in total. The summed E-state index contributed by atoms with van der Waals surface area (Å²) in [7, 11) is 0. The van der Waals surface area contributed by atoms with Crippen molar-refractivity contribution in [2.24, 2.45) is 29.2 Å². The number of amides is 10. The summed E-state index contributed by atoms with van der Waals surface area (Å²) in [5.74, 6) is -12.5. The number of carboxylic acids is 2. The predicted molar refractivity (Wildman–Crippen MR) is 333 cm³/mol. The summed E-state index contributed by atoms with van der Waals surface area (Å²) in [4.78, 5) is 163. The van der Waals surface area contributed by atoms with Crippen molar-refractivity contribution in [3.05, 3.63) is 102 Å². The molecule has 0 aliphatic carbocycles. The number of aliphatic carboxylic acids is 2. The van der Waals surface area contributed by atoms with E-state index < -0.39 is 163 Å². The Balaban J connectivity index is 1.89. The van der Waals surface area contributed by atoms with Crippen molar-refractivity contribution in [1.82, 2.24) is 47.9 Å². The monoisotopic (exact) mass is 1260 g/mol. The lowest BCUT2D eigenvalue weighted by Crippen LogP contribution is -2.62. The van der Waals surface area contributed by atoms with Gasteiger partial charge >= 0.3 is 11.9 Å². The third-order valence-electron chi connectivity index (χ3n) is 14.8. The third kappa shape index (κ3) is 26.3. The fourth-order valence-electron chi connectivity index (χ4n) is 9.15. The van der Waals surface area contributed by atoms with Crippen molar-refractivity contribution in [3.63, 3.8) is 0 Å². The Labute approximate surface area is 523 Å². The van der Waals surface area contributed by atoms with E-state index in [4.69, 9.17) is 11.5 Å². The first kappa shape index (κ1) is 74.7. The van der Waals surface area contributed by atoms with Crippen molar-refractivity contribution in [2.45, 2.75) is 173 Å². The van der Waals surface area contributed by atoms with Crippen LogP contribution in [0.5, 0.6) is 5.75 Å². The Morgan fingerprint density at radius 2 is 0.876 bits per heavy atom. The highest BCUT2D eigenvalue weighted by Crippen LogP contribution is 2.17. The zero-order valence-corrected chi connectivity index (χ0v) is 52.5. The molecular weight excluding hydrogens is 1170 g/mol. The summed E-state index contributed by atoms with van der Waals surface area (Å²) in [6.07, 6.45) is 0.443. The maximum absolute atomic E-state index is 14.6. The summed E-state index contributed by atoms with van der Waals surface area (Å²) < 4.78 is 0. The van der Waals surface area contributed by atoms with Gasteiger partial charge in [-0.3, -0.25) is 52.7 Å². The van der Waals surface area contributed by atoms with Crippen LogP contribution in [0.25, 0.3) is 0 Å². The van der Waals surface area contributed by atoms with Gasteiger partial charge in [0, 0.05) is 25.7 Å². The molecule has 0 saturated heterocycles. The minimum atomic E-state index is -1.78. The number of hydrogen-bond acceptors (Lipinski definition) is 15. The second kappa shape index (κ2) is 38.0. The first-order chi connectivity index (χ1) is 42.1. The van der Waals surface area contributed by atoms with E-state index in [1.165, 1.54) is 30.8 Å². The Bertz CT molecular complexity index is 2870. The molecule has 488 valence electrons. The number of carboxylic acid groups (broad SMARTS) is 2. The average Bonchev–Trinajstić information content (AvgIpc) is 3.45. The molecule has 26 nitrogen and oxygen atoms in total. The van der Waals surface area contributed by atoms with Crippen LogP contribution in [0.1, 0.15) is 110 Å². The first-order valence-corrected chi connectivity index (χ1v) is 31.0. The maximum Gasteiger partial charge on any atom is 0.326 e. The van der Waals surface area contributed by atoms with Crippen molar-refractivity contribution < 1.29 is 72.9 Å². The number of thioether (sulfide) groups is 1. The molecule has 3 rings (SSSR count). The zero-order chi connectivity index (χ0) is 66.5. The lowest BCUT2D eigenvalue weighted by Gasteiger charge is -2.30. The molecule has 0 aliphatic rings. The van der Waals surface area contributed by atoms with Crippen LogP contribution in [-0.4, -0.2) is 159 Å². The first-order valence-electron chi connectivity index (χ1n) is 29.6. The van der Waals surface area contributed by atoms with Gasteiger partial charge in [0.2, 0.25) is 59.1 Å². The van der Waals surface area contributed by atoms with E-state index in [0.717, 1.165) is 0 Å². The summed E-state index contributed by atoms with van der Waals surface area (Å²) in [5.41, 5.74) is 13.3. The molecule has 3 aromatic rings. The Hall–Kier alpha value is -8.59. The van der Waals surface area contributed by atoms with Gasteiger partial charge in [0.05, 0.1) is 12.5 Å². The van der Waals surface area contributed by atoms with Gasteiger partial charge in [0.1, 0.15) is 60.1 Å². The van der Waals surface area contributed by atoms with E-state index in [0.29, 0.717) is 41.7 Å². The number of nitrogens with one attached hydrogen (secondary N) is 9. The van der Waals surface area contributed by atoms with Gasteiger partial charge in [-0.25, -0.2) is 4.79 Å². The molecule has 0 spiro atoms. The molecule has 0 heterocycles. The Morgan fingerprint density at radius 3 is 1.36 bits per heavy atom. The number of nitrogens with two attached hydrogens (primary N) is 2. The Morgan fingerprint density at radius 1 is 0.472 bits per heavy atom. The van der Waals surface area contributed by atoms with Crippen LogP contribution in [0.2, 0.25) is 0 Å². The predicted octanol–water partition coefficient (Wildman–Crippen LogP) is 0.847. The number of carbonyl (C=O) groups is 12. The lowest BCUT2D eigenvalue weighted by molar-refractivity contribution is -0.142. The molecule has 89 heavy (non-hydrogen) atoms. The second-order valence-electron chi connectivity index (χ2n) is 22.5. The lowest BCUT2D eigenvalue weighted by atomic mass is 9.96. The minimum absolute atomic E-state index is 0.0129. The molecule has 0 fully saturated rings. The van der Waals surface area contributed by atoms with Crippen molar-refractivity contribution in [2.75, 3.05) is 12.0 Å². The van der Waals surface area contributed by atoms with E-state index in [1.807, 2.05) is 6.26 Å². The van der Waals surface area contributed by atoms with Gasteiger partial charge in [0.25, 0.3) is 0 Å². The average molecular weight is 1260 g/mol. The molecule has 0 aliphatic heterocycles. The standard InChI is InChI=1S/C62H89N11O15S/c1-9-35(5)51(73-59(84)46(31-40-21-23-41(74)24-22-40)67-54(79)42(63)27-28-89-8)60(85)65-37(7)53(78)72-52(36(6)10-2)61(86)70-45(30-38-17-13-11-14-18-38)57(82)68-44(29-34(3)4)56(81)66-43(25-26-50(76)77)55(80)69-47(33-49(64)75)58(83)71-48(62(87)88)32-39-19-15-12-16-20-39/h11-24,34-37,42-48,51-52,74H,9-10,25-33,63H2,1-8H3,(H2,64,75)(H,65,85)(H,66,81)(H,67,79)(H,68,82)(H,69,80)(H,70,86)(H,71,83)(H,72,78)(H,73,84)(H,76,77)(H,87,88)/t35-,36-,37-,42-,43-,44-,45-,46-,47-,48-,51-,52-/m0/s1. The molecule has 0 unspecified atom stereocenters. The van der Waals surface area contributed by atoms with Crippen LogP contribution in [-0.2, 0) is 76.8 Å². The van der Waals surface area contributed by atoms with Gasteiger partial charge in [-0.1, -0.05) is 127 Å². The fraction of sp³-hybridized carbons (Fsp3) is 0.516. The quantitative estimate of drug-likeness (QED) is 0.0376. The number of primary amides is 1. The Kier molecular flexibility index (Phi) is 31.8. The van der Waals surface area contributed by atoms with Crippen molar-refractivity contribution >= 4 is 82.8 Å². The second-order valence-corrected chi connectivity index (χ2v) is 23.5. The maximum atomic E-state index is 14.6. The molecule has 0 bridgehead atoms. The summed E-state index contributed by atoms with van der Waals surface area (Å²) in [5, 5.41) is 52.7. The van der Waals surface area contributed by atoms with Crippen LogP contribution >= 0.6 is 11.8 Å². The number of hydrogen-bond donors (Lipinski definition) is 14. The van der Waals surface area contributed by atoms with Gasteiger partial charge < -0.3 is 74.6 Å². The number of carbonyl (C=O) groups excluding carboxylic acids is 10. The number of aromatic hydroxyl groups is 1. The highest BCUT2D eigenvalue weighted by molar-refractivity contribution is 7.98.